The van der Waals surface area contributed by atoms with Crippen molar-refractivity contribution in [3.63, 3.8) is 0 Å². The van der Waals surface area contributed by atoms with Gasteiger partial charge in [0.05, 0.1) is 6.61 Å². The molecule has 1 amide bonds. The Morgan fingerprint density at radius 2 is 2.24 bits per heavy atom. The van der Waals surface area contributed by atoms with Crippen LogP contribution < -0.4 is 10.6 Å². The lowest BCUT2D eigenvalue weighted by Crippen LogP contribution is -2.13. The number of benzene rings is 1. The molecular weight excluding hydrogens is 216 g/mol. The average Bonchev–Trinajstić information content (AvgIpc) is 2.84. The fourth-order valence-electron chi connectivity index (χ4n) is 2.06. The van der Waals surface area contributed by atoms with E-state index in [-0.39, 0.29) is 0 Å². The van der Waals surface area contributed by atoms with Crippen molar-refractivity contribution in [2.24, 2.45) is 0 Å². The Hall–Kier alpha value is -1.55. The molecule has 0 saturated carbocycles. The monoisotopic (exact) mass is 234 g/mol. The Morgan fingerprint density at radius 3 is 2.82 bits per heavy atom. The summed E-state index contributed by atoms with van der Waals surface area (Å²) in [5, 5.41) is 6.03. The highest BCUT2D eigenvalue weighted by Crippen LogP contribution is 2.23. The molecule has 0 aromatic heterocycles. The summed E-state index contributed by atoms with van der Waals surface area (Å²) in [6, 6.07) is 7.98. The summed E-state index contributed by atoms with van der Waals surface area (Å²) in [6.45, 7) is 4.31. The van der Waals surface area contributed by atoms with Crippen molar-refractivity contribution < 1.29 is 9.53 Å². The molecule has 0 aliphatic carbocycles. The smallest absolute Gasteiger partial charge is 0.411 e. The van der Waals surface area contributed by atoms with Gasteiger partial charge < -0.3 is 10.1 Å². The number of carbonyl (C=O) groups is 1. The maximum absolute atomic E-state index is 11.2. The maximum Gasteiger partial charge on any atom is 0.411 e. The van der Waals surface area contributed by atoms with Gasteiger partial charge >= 0.3 is 6.09 Å². The van der Waals surface area contributed by atoms with Crippen molar-refractivity contribution in [2.75, 3.05) is 25.0 Å². The van der Waals surface area contributed by atoms with Crippen LogP contribution in [-0.4, -0.2) is 25.8 Å². The van der Waals surface area contributed by atoms with E-state index in [9.17, 15) is 4.79 Å². The van der Waals surface area contributed by atoms with E-state index in [1.807, 2.05) is 12.1 Å². The van der Waals surface area contributed by atoms with Crippen molar-refractivity contribution in [3.8, 4) is 0 Å². The summed E-state index contributed by atoms with van der Waals surface area (Å²) in [6.07, 6.45) is 0.785. The molecule has 2 rings (SSSR count). The Labute approximate surface area is 101 Å². The van der Waals surface area contributed by atoms with Crippen LogP contribution >= 0.6 is 0 Å². The largest absolute Gasteiger partial charge is 0.450 e. The lowest BCUT2D eigenvalue weighted by atomic mass is 9.98. The Bertz CT molecular complexity index is 370. The molecule has 0 radical (unpaired) electrons. The zero-order chi connectivity index (χ0) is 12.1. The van der Waals surface area contributed by atoms with Crippen LogP contribution in [0.25, 0.3) is 0 Å². The van der Waals surface area contributed by atoms with E-state index in [2.05, 4.69) is 22.8 Å². The maximum atomic E-state index is 11.2. The third kappa shape index (κ3) is 3.20. The molecule has 1 aliphatic heterocycles. The summed E-state index contributed by atoms with van der Waals surface area (Å²) in [7, 11) is 0. The van der Waals surface area contributed by atoms with Gasteiger partial charge in [-0.1, -0.05) is 12.1 Å². The van der Waals surface area contributed by atoms with Gasteiger partial charge in [0.1, 0.15) is 0 Å². The van der Waals surface area contributed by atoms with Crippen molar-refractivity contribution in [1.29, 1.82) is 0 Å². The number of amides is 1. The number of hydrogen-bond donors (Lipinski definition) is 2. The fourth-order valence-corrected chi connectivity index (χ4v) is 2.06. The number of hydrogen-bond acceptors (Lipinski definition) is 3. The van der Waals surface area contributed by atoms with E-state index in [0.717, 1.165) is 18.8 Å². The molecule has 2 N–H and O–H groups in total. The van der Waals surface area contributed by atoms with Gasteiger partial charge in [0.25, 0.3) is 0 Å². The molecule has 1 aromatic carbocycles. The number of nitrogens with one attached hydrogen (secondary N) is 2. The van der Waals surface area contributed by atoms with E-state index < -0.39 is 6.09 Å². The molecule has 1 atom stereocenters. The molecule has 92 valence electrons. The second kappa shape index (κ2) is 5.68. The molecule has 1 aromatic rings. The molecule has 4 heteroatoms. The highest BCUT2D eigenvalue weighted by atomic mass is 16.5. The first-order valence-electron chi connectivity index (χ1n) is 6.04. The lowest BCUT2D eigenvalue weighted by molar-refractivity contribution is 0.168. The third-order valence-corrected chi connectivity index (χ3v) is 2.96. The van der Waals surface area contributed by atoms with Crippen LogP contribution in [0.5, 0.6) is 0 Å². The van der Waals surface area contributed by atoms with Gasteiger partial charge in [0.2, 0.25) is 0 Å². The van der Waals surface area contributed by atoms with Crippen LogP contribution in [0.4, 0.5) is 10.5 Å². The van der Waals surface area contributed by atoms with Gasteiger partial charge in [-0.2, -0.15) is 0 Å². The summed E-state index contributed by atoms with van der Waals surface area (Å²) in [5.74, 6) is 0.603. The average molecular weight is 234 g/mol. The molecule has 4 nitrogen and oxygen atoms in total. The van der Waals surface area contributed by atoms with E-state index in [4.69, 9.17) is 4.74 Å². The van der Waals surface area contributed by atoms with Crippen LogP contribution in [0.3, 0.4) is 0 Å². The topological polar surface area (TPSA) is 50.4 Å². The highest BCUT2D eigenvalue weighted by Gasteiger charge is 2.16. The number of anilines is 1. The van der Waals surface area contributed by atoms with E-state index in [1.165, 1.54) is 12.0 Å². The van der Waals surface area contributed by atoms with Crippen LogP contribution in [0.15, 0.2) is 24.3 Å². The number of ether oxygens (including phenoxy) is 1. The van der Waals surface area contributed by atoms with Gasteiger partial charge in [-0.05, 0) is 43.5 Å². The Morgan fingerprint density at radius 1 is 1.47 bits per heavy atom. The number of carbonyl (C=O) groups excluding carboxylic acids is 1. The van der Waals surface area contributed by atoms with Crippen molar-refractivity contribution in [1.82, 2.24) is 5.32 Å². The summed E-state index contributed by atoms with van der Waals surface area (Å²) in [5.41, 5.74) is 2.10. The van der Waals surface area contributed by atoms with E-state index >= 15 is 0 Å². The fraction of sp³-hybridized carbons (Fsp3) is 0.462. The quantitative estimate of drug-likeness (QED) is 0.844. The van der Waals surface area contributed by atoms with Gasteiger partial charge in [0.15, 0.2) is 0 Å². The van der Waals surface area contributed by atoms with Crippen LogP contribution in [0.1, 0.15) is 24.8 Å². The van der Waals surface area contributed by atoms with Crippen molar-refractivity contribution in [3.05, 3.63) is 29.8 Å². The van der Waals surface area contributed by atoms with Crippen LogP contribution in [0, 0.1) is 0 Å². The highest BCUT2D eigenvalue weighted by molar-refractivity contribution is 5.84. The Balaban J connectivity index is 1.95. The minimum atomic E-state index is -0.400. The first-order valence-corrected chi connectivity index (χ1v) is 6.04. The molecule has 1 heterocycles. The summed E-state index contributed by atoms with van der Waals surface area (Å²) < 4.78 is 4.82. The SMILES string of the molecule is CCOC(=O)Nc1ccc(C2CCNC2)cc1. The van der Waals surface area contributed by atoms with E-state index in [1.54, 1.807) is 6.92 Å². The van der Waals surface area contributed by atoms with Crippen LogP contribution in [-0.2, 0) is 4.74 Å². The first-order chi connectivity index (χ1) is 8.29. The zero-order valence-electron chi connectivity index (χ0n) is 10.0. The second-order valence-electron chi connectivity index (χ2n) is 4.16. The summed E-state index contributed by atoms with van der Waals surface area (Å²) in [4.78, 5) is 11.2. The minimum absolute atomic E-state index is 0.387. The Kier molecular flexibility index (Phi) is 3.98. The molecule has 0 spiro atoms. The van der Waals surface area contributed by atoms with Gasteiger partial charge in [-0.3, -0.25) is 5.32 Å². The standard InChI is InChI=1S/C13H18N2O2/c1-2-17-13(16)15-12-5-3-10(4-6-12)11-7-8-14-9-11/h3-6,11,14H,2,7-9H2,1H3,(H,15,16). The predicted molar refractivity (Wildman–Crippen MR) is 67.3 cm³/mol. The normalized spacial score (nSPS) is 19.0. The number of rotatable bonds is 3. The van der Waals surface area contributed by atoms with E-state index in [0.29, 0.717) is 12.5 Å². The van der Waals surface area contributed by atoms with Crippen molar-refractivity contribution >= 4 is 11.8 Å². The van der Waals surface area contributed by atoms with Crippen LogP contribution in [0.2, 0.25) is 0 Å². The van der Waals surface area contributed by atoms with Gasteiger partial charge in [-0.25, -0.2) is 4.79 Å². The zero-order valence-corrected chi connectivity index (χ0v) is 10.0. The minimum Gasteiger partial charge on any atom is -0.450 e. The molecule has 0 bridgehead atoms. The third-order valence-electron chi connectivity index (χ3n) is 2.96. The molecule has 1 aliphatic rings. The van der Waals surface area contributed by atoms with Gasteiger partial charge in [0, 0.05) is 12.2 Å². The van der Waals surface area contributed by atoms with Crippen molar-refractivity contribution in [2.45, 2.75) is 19.3 Å². The first kappa shape index (κ1) is 11.9. The lowest BCUT2D eigenvalue weighted by Gasteiger charge is -2.10. The molecule has 17 heavy (non-hydrogen) atoms. The second-order valence-corrected chi connectivity index (χ2v) is 4.16. The molecule has 1 fully saturated rings. The van der Waals surface area contributed by atoms with Gasteiger partial charge in [-0.15, -0.1) is 0 Å². The predicted octanol–water partition coefficient (Wildman–Crippen LogP) is 2.33. The molecule has 1 unspecified atom stereocenters. The molecular formula is C13H18N2O2. The summed E-state index contributed by atoms with van der Waals surface area (Å²) >= 11 is 0. The molecule has 1 saturated heterocycles.